The third-order valence-electron chi connectivity index (χ3n) is 4.06. The molecule has 1 aromatic carbocycles. The number of rotatable bonds is 1. The summed E-state index contributed by atoms with van der Waals surface area (Å²) < 4.78 is 38.2. The number of nitrogens with one attached hydrogen (secondary N) is 1. The predicted molar refractivity (Wildman–Crippen MR) is 72.6 cm³/mol. The van der Waals surface area contributed by atoms with Crippen LogP contribution in [0.4, 0.5) is 13.2 Å². The van der Waals surface area contributed by atoms with E-state index in [1.54, 1.807) is 6.07 Å². The molecule has 108 valence electrons. The van der Waals surface area contributed by atoms with Gasteiger partial charge in [-0.05, 0) is 38.0 Å². The second-order valence-corrected chi connectivity index (χ2v) is 5.65. The molecule has 1 aliphatic heterocycles. The molecule has 0 amide bonds. The van der Waals surface area contributed by atoms with Crippen molar-refractivity contribution in [3.8, 4) is 0 Å². The van der Waals surface area contributed by atoms with Gasteiger partial charge in [0.15, 0.2) is 0 Å². The molecule has 3 rings (SSSR count). The fourth-order valence-corrected chi connectivity index (χ4v) is 2.89. The van der Waals surface area contributed by atoms with E-state index in [2.05, 4.69) is 23.7 Å². The first-order chi connectivity index (χ1) is 9.36. The van der Waals surface area contributed by atoms with Gasteiger partial charge in [0.2, 0.25) is 0 Å². The molecule has 1 N–H and O–H groups in total. The first-order valence-corrected chi connectivity index (χ1v) is 6.81. The lowest BCUT2D eigenvalue weighted by Gasteiger charge is -2.30. The Labute approximate surface area is 115 Å². The molecule has 0 saturated heterocycles. The molecule has 0 spiro atoms. The van der Waals surface area contributed by atoms with E-state index in [1.165, 1.54) is 17.7 Å². The van der Waals surface area contributed by atoms with Crippen LogP contribution < -0.4 is 0 Å². The number of aromatic amines is 1. The molecule has 0 atom stereocenters. The van der Waals surface area contributed by atoms with Crippen LogP contribution in [0.3, 0.4) is 0 Å². The summed E-state index contributed by atoms with van der Waals surface area (Å²) in [6.45, 7) is 6.01. The summed E-state index contributed by atoms with van der Waals surface area (Å²) in [5.41, 5.74) is 2.23. The minimum Gasteiger partial charge on any atom is -0.357 e. The molecule has 1 aliphatic rings. The van der Waals surface area contributed by atoms with E-state index in [-0.39, 0.29) is 0 Å². The molecule has 2 heterocycles. The Kier molecular flexibility index (Phi) is 3.05. The maximum atomic E-state index is 12.7. The zero-order valence-electron chi connectivity index (χ0n) is 11.5. The van der Waals surface area contributed by atoms with Gasteiger partial charge in [-0.3, -0.25) is 4.90 Å². The molecular weight excluding hydrogens is 265 g/mol. The van der Waals surface area contributed by atoms with Crippen molar-refractivity contribution < 1.29 is 13.2 Å². The van der Waals surface area contributed by atoms with Crippen LogP contribution in [-0.2, 0) is 19.1 Å². The van der Waals surface area contributed by atoms with Crippen molar-refractivity contribution in [3.05, 3.63) is 35.0 Å². The Morgan fingerprint density at radius 2 is 2.00 bits per heavy atom. The highest BCUT2D eigenvalue weighted by atomic mass is 19.4. The smallest absolute Gasteiger partial charge is 0.357 e. The Morgan fingerprint density at radius 3 is 2.65 bits per heavy atom. The number of hydrogen-bond acceptors (Lipinski definition) is 1. The molecule has 0 radical (unpaired) electrons. The van der Waals surface area contributed by atoms with Crippen LogP contribution >= 0.6 is 0 Å². The molecule has 0 saturated carbocycles. The van der Waals surface area contributed by atoms with Crippen molar-refractivity contribution >= 4 is 10.9 Å². The molecule has 2 aromatic rings. The van der Waals surface area contributed by atoms with Gasteiger partial charge in [0.25, 0.3) is 0 Å². The van der Waals surface area contributed by atoms with Crippen molar-refractivity contribution in [2.24, 2.45) is 0 Å². The van der Waals surface area contributed by atoms with Gasteiger partial charge in [0, 0.05) is 35.7 Å². The van der Waals surface area contributed by atoms with E-state index in [9.17, 15) is 13.2 Å². The van der Waals surface area contributed by atoms with Crippen LogP contribution in [0.5, 0.6) is 0 Å². The summed E-state index contributed by atoms with van der Waals surface area (Å²) in [6, 6.07) is 4.43. The zero-order chi connectivity index (χ0) is 14.5. The third-order valence-corrected chi connectivity index (χ3v) is 4.06. The SMILES string of the molecule is CC(C)N1CCc2c([nH]c3cc(C(F)(F)F)ccc23)C1. The Bertz CT molecular complexity index is 640. The highest BCUT2D eigenvalue weighted by Gasteiger charge is 2.31. The Hall–Kier alpha value is -1.49. The van der Waals surface area contributed by atoms with Crippen molar-refractivity contribution in [1.29, 1.82) is 0 Å². The molecule has 1 aromatic heterocycles. The average molecular weight is 282 g/mol. The van der Waals surface area contributed by atoms with Crippen LogP contribution in [0, 0.1) is 0 Å². The maximum absolute atomic E-state index is 12.7. The normalized spacial score (nSPS) is 16.9. The van der Waals surface area contributed by atoms with Crippen molar-refractivity contribution in [1.82, 2.24) is 9.88 Å². The quantitative estimate of drug-likeness (QED) is 0.839. The minimum atomic E-state index is -4.29. The Balaban J connectivity index is 2.04. The lowest BCUT2D eigenvalue weighted by molar-refractivity contribution is -0.137. The molecule has 20 heavy (non-hydrogen) atoms. The highest BCUT2D eigenvalue weighted by molar-refractivity contribution is 5.85. The van der Waals surface area contributed by atoms with Crippen molar-refractivity contribution in [2.75, 3.05) is 6.54 Å². The van der Waals surface area contributed by atoms with Crippen LogP contribution in [-0.4, -0.2) is 22.5 Å². The number of nitrogens with zero attached hydrogens (tertiary/aromatic N) is 1. The summed E-state index contributed by atoms with van der Waals surface area (Å²) in [5, 5.41) is 0.927. The summed E-state index contributed by atoms with van der Waals surface area (Å²) in [6.07, 6.45) is -3.40. The summed E-state index contributed by atoms with van der Waals surface area (Å²) in [5.74, 6) is 0. The molecule has 5 heteroatoms. The fourth-order valence-electron chi connectivity index (χ4n) is 2.89. The number of benzene rings is 1. The molecular formula is C15H17F3N2. The number of aromatic nitrogens is 1. The zero-order valence-corrected chi connectivity index (χ0v) is 11.5. The number of alkyl halides is 3. The topological polar surface area (TPSA) is 19.0 Å². The van der Waals surface area contributed by atoms with E-state index in [4.69, 9.17) is 0 Å². The van der Waals surface area contributed by atoms with E-state index in [0.29, 0.717) is 11.6 Å². The maximum Gasteiger partial charge on any atom is 0.416 e. The van der Waals surface area contributed by atoms with Crippen LogP contribution in [0.15, 0.2) is 18.2 Å². The van der Waals surface area contributed by atoms with Gasteiger partial charge in [-0.2, -0.15) is 13.2 Å². The Morgan fingerprint density at radius 1 is 1.25 bits per heavy atom. The van der Waals surface area contributed by atoms with E-state index in [0.717, 1.165) is 30.6 Å². The lowest BCUT2D eigenvalue weighted by Crippen LogP contribution is -2.35. The van der Waals surface area contributed by atoms with Crippen molar-refractivity contribution in [3.63, 3.8) is 0 Å². The molecule has 0 aliphatic carbocycles. The summed E-state index contributed by atoms with van der Waals surface area (Å²) in [4.78, 5) is 5.49. The average Bonchev–Trinajstić information content (AvgIpc) is 2.73. The number of fused-ring (bicyclic) bond motifs is 3. The summed E-state index contributed by atoms with van der Waals surface area (Å²) in [7, 11) is 0. The van der Waals surface area contributed by atoms with Gasteiger partial charge < -0.3 is 4.98 Å². The first-order valence-electron chi connectivity index (χ1n) is 6.81. The van der Waals surface area contributed by atoms with E-state index in [1.807, 2.05) is 0 Å². The third kappa shape index (κ3) is 2.20. The molecule has 0 bridgehead atoms. The van der Waals surface area contributed by atoms with Gasteiger partial charge in [0.1, 0.15) is 0 Å². The van der Waals surface area contributed by atoms with Crippen LogP contribution in [0.2, 0.25) is 0 Å². The van der Waals surface area contributed by atoms with E-state index < -0.39 is 11.7 Å². The summed E-state index contributed by atoms with van der Waals surface area (Å²) >= 11 is 0. The van der Waals surface area contributed by atoms with Gasteiger partial charge >= 0.3 is 6.18 Å². The lowest BCUT2D eigenvalue weighted by atomic mass is 10.0. The first kappa shape index (κ1) is 13.5. The van der Waals surface area contributed by atoms with Gasteiger partial charge in [-0.15, -0.1) is 0 Å². The van der Waals surface area contributed by atoms with Crippen LogP contribution in [0.25, 0.3) is 10.9 Å². The number of H-pyrrole nitrogens is 1. The number of hydrogen-bond donors (Lipinski definition) is 1. The standard InChI is InChI=1S/C15H17F3N2/c1-9(2)20-6-5-12-11-4-3-10(15(16,17)18)7-13(11)19-14(12)8-20/h3-4,7,9,19H,5-6,8H2,1-2H3. The monoisotopic (exact) mass is 282 g/mol. The predicted octanol–water partition coefficient (Wildman–Crippen LogP) is 3.95. The fraction of sp³-hybridized carbons (Fsp3) is 0.467. The number of halogens is 3. The largest absolute Gasteiger partial charge is 0.416 e. The molecule has 0 unspecified atom stereocenters. The van der Waals surface area contributed by atoms with Gasteiger partial charge in [-0.1, -0.05) is 6.07 Å². The second-order valence-electron chi connectivity index (χ2n) is 5.65. The van der Waals surface area contributed by atoms with Crippen molar-refractivity contribution in [2.45, 2.75) is 39.0 Å². The molecule has 0 fully saturated rings. The molecule has 2 nitrogen and oxygen atoms in total. The second kappa shape index (κ2) is 4.52. The minimum absolute atomic E-state index is 0.445. The highest BCUT2D eigenvalue weighted by Crippen LogP contribution is 2.34. The van der Waals surface area contributed by atoms with E-state index >= 15 is 0 Å². The van der Waals surface area contributed by atoms with Crippen LogP contribution in [0.1, 0.15) is 30.7 Å². The van der Waals surface area contributed by atoms with Gasteiger partial charge in [0.05, 0.1) is 5.56 Å². The van der Waals surface area contributed by atoms with Gasteiger partial charge in [-0.25, -0.2) is 0 Å².